The van der Waals surface area contributed by atoms with Gasteiger partial charge in [-0.1, -0.05) is 23.7 Å². The van der Waals surface area contributed by atoms with Crippen LogP contribution >= 0.6 is 23.1 Å². The smallest absolute Gasteiger partial charge is 0.272 e. The number of nitrogens with two attached hydrogens (primary N) is 2. The maximum Gasteiger partial charge on any atom is 0.272 e. The average Bonchev–Trinajstić information content (AvgIpc) is 3.18. The van der Waals surface area contributed by atoms with Crippen LogP contribution in [0.25, 0.3) is 0 Å². The second kappa shape index (κ2) is 10.1. The topological polar surface area (TPSA) is 141 Å². The summed E-state index contributed by atoms with van der Waals surface area (Å²) in [5, 5.41) is 3.25. The van der Waals surface area contributed by atoms with Gasteiger partial charge in [-0.3, -0.25) is 19.3 Å². The van der Waals surface area contributed by atoms with Crippen molar-refractivity contribution in [2.24, 2.45) is 5.73 Å². The van der Waals surface area contributed by atoms with Crippen molar-refractivity contribution in [2.45, 2.75) is 6.54 Å². The number of hydrogen-bond donors (Lipinski definition) is 3. The zero-order chi connectivity index (χ0) is 23.3. The molecule has 0 radical (unpaired) electrons. The molecule has 3 aromatic rings. The van der Waals surface area contributed by atoms with E-state index in [1.807, 2.05) is 12.1 Å². The van der Waals surface area contributed by atoms with E-state index in [9.17, 15) is 14.4 Å². The van der Waals surface area contributed by atoms with E-state index in [4.69, 9.17) is 27.8 Å². The number of amides is 3. The Kier molecular flexibility index (Phi) is 7.29. The molecule has 32 heavy (non-hydrogen) atoms. The van der Waals surface area contributed by atoms with Crippen LogP contribution < -0.4 is 26.4 Å². The van der Waals surface area contributed by atoms with Crippen molar-refractivity contribution in [1.29, 1.82) is 0 Å². The molecule has 2 aromatic carbocycles. The summed E-state index contributed by atoms with van der Waals surface area (Å²) in [6.45, 7) is -0.0279. The third-order valence-corrected chi connectivity index (χ3v) is 5.59. The van der Waals surface area contributed by atoms with Crippen molar-refractivity contribution >= 4 is 52.2 Å². The fourth-order valence-electron chi connectivity index (χ4n) is 2.80. The summed E-state index contributed by atoms with van der Waals surface area (Å²) in [6, 6.07) is 13.6. The lowest BCUT2D eigenvalue weighted by atomic mass is 10.2. The number of nitrogens with zero attached hydrogens (tertiary/aromatic N) is 2. The van der Waals surface area contributed by atoms with Gasteiger partial charge in [0, 0.05) is 17.3 Å². The number of halogens is 1. The number of methoxy groups -OCH3 is 1. The van der Waals surface area contributed by atoms with E-state index in [-0.39, 0.29) is 29.3 Å². The maximum atomic E-state index is 13.2. The Morgan fingerprint density at radius 3 is 2.34 bits per heavy atom. The third kappa shape index (κ3) is 5.34. The number of anilines is 2. The molecule has 1 aromatic heterocycles. The molecule has 166 valence electrons. The Bertz CT molecular complexity index is 1130. The number of hydrogen-bond acceptors (Lipinski definition) is 7. The normalized spacial score (nSPS) is 10.4. The molecule has 0 fully saturated rings. The minimum atomic E-state index is -0.840. The second-order valence-corrected chi connectivity index (χ2v) is 7.84. The van der Waals surface area contributed by atoms with Gasteiger partial charge in [0.25, 0.3) is 11.8 Å². The highest BCUT2D eigenvalue weighted by Gasteiger charge is 2.27. The number of carbonyl (C=O) groups excluding carboxylic acids is 3. The van der Waals surface area contributed by atoms with Crippen molar-refractivity contribution in [3.63, 3.8) is 0 Å². The standard InChI is InChI=1S/C21H20ClN5O4S/c1-31-15-8-2-12(3-9-15)10-25-16(28)11-27(14-6-4-13(22)5-7-14)21(30)19-17(23)18(20(24)29)26-32-19/h2-9H,10-11,23H2,1H3,(H2,24,29)(H,25,28). The van der Waals surface area contributed by atoms with Crippen molar-refractivity contribution in [1.82, 2.24) is 9.69 Å². The van der Waals surface area contributed by atoms with E-state index >= 15 is 0 Å². The number of primary amides is 1. The monoisotopic (exact) mass is 473 g/mol. The molecule has 0 atom stereocenters. The van der Waals surface area contributed by atoms with Crippen molar-refractivity contribution in [2.75, 3.05) is 24.3 Å². The summed E-state index contributed by atoms with van der Waals surface area (Å²) in [5.41, 5.74) is 12.1. The summed E-state index contributed by atoms with van der Waals surface area (Å²) in [5.74, 6) is -1.12. The lowest BCUT2D eigenvalue weighted by molar-refractivity contribution is -0.119. The quantitative estimate of drug-likeness (QED) is 0.459. The van der Waals surface area contributed by atoms with Gasteiger partial charge in [-0.25, -0.2) is 0 Å². The fourth-order valence-corrected chi connectivity index (χ4v) is 3.68. The van der Waals surface area contributed by atoms with Gasteiger partial charge in [0.2, 0.25) is 5.91 Å². The first kappa shape index (κ1) is 23.0. The lowest BCUT2D eigenvalue weighted by Gasteiger charge is -2.22. The van der Waals surface area contributed by atoms with Gasteiger partial charge in [-0.15, -0.1) is 0 Å². The van der Waals surface area contributed by atoms with Gasteiger partial charge in [-0.05, 0) is 53.5 Å². The molecule has 0 aliphatic carbocycles. The second-order valence-electron chi connectivity index (χ2n) is 6.63. The van der Waals surface area contributed by atoms with Crippen LogP contribution in [0.4, 0.5) is 11.4 Å². The van der Waals surface area contributed by atoms with Crippen LogP contribution in [0.5, 0.6) is 5.75 Å². The Hall–Kier alpha value is -3.63. The van der Waals surface area contributed by atoms with E-state index in [1.165, 1.54) is 4.90 Å². The zero-order valence-corrected chi connectivity index (χ0v) is 18.6. The van der Waals surface area contributed by atoms with Crippen molar-refractivity contribution < 1.29 is 19.1 Å². The molecule has 3 amide bonds. The first-order valence-corrected chi connectivity index (χ1v) is 10.5. The van der Waals surface area contributed by atoms with E-state index in [1.54, 1.807) is 43.5 Å². The van der Waals surface area contributed by atoms with E-state index < -0.39 is 17.7 Å². The molecule has 11 heteroatoms. The minimum absolute atomic E-state index is 0.0108. The Balaban J connectivity index is 1.79. The van der Waals surface area contributed by atoms with Crippen molar-refractivity contribution in [3.8, 4) is 5.75 Å². The van der Waals surface area contributed by atoms with Gasteiger partial charge in [0.1, 0.15) is 17.2 Å². The first-order valence-electron chi connectivity index (χ1n) is 9.32. The lowest BCUT2D eigenvalue weighted by Crippen LogP contribution is -2.40. The number of nitrogens with one attached hydrogen (secondary N) is 1. The maximum absolute atomic E-state index is 13.2. The zero-order valence-electron chi connectivity index (χ0n) is 17.0. The number of aromatic nitrogens is 1. The average molecular weight is 474 g/mol. The van der Waals surface area contributed by atoms with Crippen LogP contribution in [0.1, 0.15) is 25.7 Å². The molecule has 1 heterocycles. The van der Waals surface area contributed by atoms with Gasteiger partial charge in [0.05, 0.1) is 12.8 Å². The summed E-state index contributed by atoms with van der Waals surface area (Å²) < 4.78 is 8.97. The summed E-state index contributed by atoms with van der Waals surface area (Å²) in [6.07, 6.45) is 0. The highest BCUT2D eigenvalue weighted by molar-refractivity contribution is 7.09. The van der Waals surface area contributed by atoms with Crippen LogP contribution in [0.15, 0.2) is 48.5 Å². The molecular formula is C21H20ClN5O4S. The minimum Gasteiger partial charge on any atom is -0.497 e. The highest BCUT2D eigenvalue weighted by atomic mass is 35.5. The van der Waals surface area contributed by atoms with Crippen LogP contribution in [0.3, 0.4) is 0 Å². The predicted octanol–water partition coefficient (Wildman–Crippen LogP) is 2.45. The Morgan fingerprint density at radius 1 is 1.12 bits per heavy atom. The van der Waals surface area contributed by atoms with Gasteiger partial charge < -0.3 is 21.5 Å². The van der Waals surface area contributed by atoms with Gasteiger partial charge in [0.15, 0.2) is 5.69 Å². The predicted molar refractivity (Wildman–Crippen MR) is 123 cm³/mol. The largest absolute Gasteiger partial charge is 0.497 e. The van der Waals surface area contributed by atoms with Crippen LogP contribution in [0, 0.1) is 0 Å². The first-order chi connectivity index (χ1) is 15.3. The molecule has 0 unspecified atom stereocenters. The molecule has 3 rings (SSSR count). The molecule has 0 bridgehead atoms. The Labute approximate surface area is 193 Å². The molecule has 9 nitrogen and oxygen atoms in total. The SMILES string of the molecule is COc1ccc(CNC(=O)CN(C(=O)c2snc(C(N)=O)c2N)c2ccc(Cl)cc2)cc1. The Morgan fingerprint density at radius 2 is 1.78 bits per heavy atom. The van der Waals surface area contributed by atoms with Crippen LogP contribution in [0.2, 0.25) is 5.02 Å². The molecule has 0 aliphatic rings. The number of carbonyl (C=O) groups is 3. The third-order valence-electron chi connectivity index (χ3n) is 4.49. The number of benzene rings is 2. The van der Waals surface area contributed by atoms with Crippen molar-refractivity contribution in [3.05, 3.63) is 69.7 Å². The number of nitrogen functional groups attached to an aromatic ring is 1. The highest BCUT2D eigenvalue weighted by Crippen LogP contribution is 2.26. The summed E-state index contributed by atoms with van der Waals surface area (Å²) >= 11 is 6.69. The van der Waals surface area contributed by atoms with E-state index in [0.717, 1.165) is 17.1 Å². The number of rotatable bonds is 8. The van der Waals surface area contributed by atoms with E-state index in [2.05, 4.69) is 9.69 Å². The van der Waals surface area contributed by atoms with Crippen LogP contribution in [-0.2, 0) is 11.3 Å². The summed E-state index contributed by atoms with van der Waals surface area (Å²) in [4.78, 5) is 38.5. The molecule has 0 spiro atoms. The molecule has 0 saturated heterocycles. The molecule has 0 saturated carbocycles. The summed E-state index contributed by atoms with van der Waals surface area (Å²) in [7, 11) is 1.57. The van der Waals surface area contributed by atoms with Gasteiger partial charge in [-0.2, -0.15) is 4.37 Å². The fraction of sp³-hybridized carbons (Fsp3) is 0.143. The van der Waals surface area contributed by atoms with E-state index in [0.29, 0.717) is 16.5 Å². The van der Waals surface area contributed by atoms with Gasteiger partial charge >= 0.3 is 0 Å². The van der Waals surface area contributed by atoms with Crippen LogP contribution in [-0.4, -0.2) is 35.7 Å². The number of ether oxygens (including phenoxy) is 1. The molecule has 0 aliphatic heterocycles. The molecule has 5 N–H and O–H groups in total. The molecular weight excluding hydrogens is 454 g/mol.